The summed E-state index contributed by atoms with van der Waals surface area (Å²) >= 11 is 17.3. The van der Waals surface area contributed by atoms with Crippen LogP contribution in [0, 0.1) is 0 Å². The molecule has 15 heteroatoms. The van der Waals surface area contributed by atoms with Crippen LogP contribution in [0.25, 0.3) is 5.83 Å². The molecule has 0 fully saturated rings. The highest BCUT2D eigenvalue weighted by Gasteiger charge is 2.41. The highest BCUT2D eigenvalue weighted by molar-refractivity contribution is 7.90. The van der Waals surface area contributed by atoms with Gasteiger partial charge in [0.05, 0.1) is 31.9 Å². The second kappa shape index (κ2) is 11.2. The molecule has 0 radical (unpaired) electrons. The summed E-state index contributed by atoms with van der Waals surface area (Å²) in [5.74, 6) is -6.26. The number of amides is 1. The summed E-state index contributed by atoms with van der Waals surface area (Å²) < 4.78 is 121. The Bertz CT molecular complexity index is 1350. The number of carbonyl (C=O) groups excluding carboxylic acids is 1. The molecule has 0 aliphatic rings. The van der Waals surface area contributed by atoms with Crippen LogP contribution >= 0.6 is 34.8 Å². The molecule has 210 valence electrons. The first kappa shape index (κ1) is 32.2. The molecule has 0 aliphatic carbocycles. The minimum atomic E-state index is -5.22. The van der Waals surface area contributed by atoms with Crippen LogP contribution in [0.4, 0.5) is 30.7 Å². The largest absolute Gasteiger partial charge is 0.417 e. The first-order chi connectivity index (χ1) is 17.0. The normalized spacial score (nSPS) is 14.4. The van der Waals surface area contributed by atoms with Gasteiger partial charge < -0.3 is 5.32 Å². The molecule has 1 atom stereocenters. The number of sulfone groups is 1. The molecule has 1 N–H and O–H groups in total. The van der Waals surface area contributed by atoms with Gasteiger partial charge in [0.1, 0.15) is 21.6 Å². The molecular formula is C23H19Cl3F7NO3S. The molecule has 2 rings (SSSR count). The molecule has 0 heterocycles. The molecule has 4 nitrogen and oxygen atoms in total. The van der Waals surface area contributed by atoms with E-state index in [2.05, 4.69) is 5.32 Å². The average molecular weight is 629 g/mol. The summed E-state index contributed by atoms with van der Waals surface area (Å²) in [4.78, 5) is 12.6. The van der Waals surface area contributed by atoms with Crippen molar-refractivity contribution in [3.63, 3.8) is 0 Å². The van der Waals surface area contributed by atoms with Crippen LogP contribution in [-0.4, -0.2) is 38.0 Å². The lowest BCUT2D eigenvalue weighted by Crippen LogP contribution is -2.48. The van der Waals surface area contributed by atoms with Gasteiger partial charge >= 0.3 is 12.4 Å². The van der Waals surface area contributed by atoms with Gasteiger partial charge in [-0.15, -0.1) is 0 Å². The van der Waals surface area contributed by atoms with E-state index in [-0.39, 0.29) is 27.2 Å². The van der Waals surface area contributed by atoms with Crippen molar-refractivity contribution in [2.75, 3.05) is 12.0 Å². The fraction of sp³-hybridized carbons (Fsp3) is 0.348. The quantitative estimate of drug-likeness (QED) is 0.251. The predicted molar refractivity (Wildman–Crippen MR) is 132 cm³/mol. The van der Waals surface area contributed by atoms with Crippen molar-refractivity contribution in [2.45, 2.75) is 37.7 Å². The number of rotatable bonds is 7. The Balaban J connectivity index is 2.57. The summed E-state index contributed by atoms with van der Waals surface area (Å²) in [5, 5.41) is 1.21. The minimum Gasteiger partial charge on any atom is -0.346 e. The molecule has 0 spiro atoms. The third kappa shape index (κ3) is 8.49. The number of benzene rings is 2. The number of carbonyl (C=O) groups is 1. The third-order valence-corrected chi connectivity index (χ3v) is 7.39. The molecular weight excluding hydrogens is 610 g/mol. The number of nitrogens with one attached hydrogen (secondary N) is 1. The van der Waals surface area contributed by atoms with Crippen LogP contribution in [0.5, 0.6) is 0 Å². The summed E-state index contributed by atoms with van der Waals surface area (Å²) in [6, 6.07) is 3.04. The maximum absolute atomic E-state index is 15.0. The molecule has 0 saturated heterocycles. The van der Waals surface area contributed by atoms with Gasteiger partial charge in [-0.05, 0) is 49.8 Å². The Kier molecular flexibility index (Phi) is 9.51. The number of allylic oxidation sites excluding steroid dienone is 1. The Morgan fingerprint density at radius 3 is 1.97 bits per heavy atom. The van der Waals surface area contributed by atoms with Crippen molar-refractivity contribution in [3.05, 3.63) is 73.7 Å². The van der Waals surface area contributed by atoms with Gasteiger partial charge in [-0.2, -0.15) is 26.3 Å². The maximum atomic E-state index is 15.0. The highest BCUT2D eigenvalue weighted by atomic mass is 35.5. The molecule has 0 aromatic heterocycles. The zero-order valence-corrected chi connectivity index (χ0v) is 22.7. The Labute approximate surface area is 228 Å². The fourth-order valence-corrected chi connectivity index (χ4v) is 5.56. The van der Waals surface area contributed by atoms with E-state index in [9.17, 15) is 43.9 Å². The van der Waals surface area contributed by atoms with Gasteiger partial charge in [-0.3, -0.25) is 4.79 Å². The summed E-state index contributed by atoms with van der Waals surface area (Å²) in [6.45, 7) is 2.53. The van der Waals surface area contributed by atoms with E-state index in [1.54, 1.807) is 0 Å². The van der Waals surface area contributed by atoms with Crippen molar-refractivity contribution in [1.82, 2.24) is 5.32 Å². The van der Waals surface area contributed by atoms with Crippen molar-refractivity contribution in [1.29, 1.82) is 0 Å². The summed E-state index contributed by atoms with van der Waals surface area (Å²) in [6.07, 6.45) is -9.41. The van der Waals surface area contributed by atoms with E-state index >= 15 is 0 Å². The average Bonchev–Trinajstić information content (AvgIpc) is 2.71. The second-order valence-corrected chi connectivity index (χ2v) is 12.3. The lowest BCUT2D eigenvalue weighted by Gasteiger charge is -2.26. The first-order valence-corrected chi connectivity index (χ1v) is 13.5. The van der Waals surface area contributed by atoms with Crippen molar-refractivity contribution < 1.29 is 43.9 Å². The van der Waals surface area contributed by atoms with Gasteiger partial charge in [0, 0.05) is 17.4 Å². The van der Waals surface area contributed by atoms with Crippen LogP contribution in [0.3, 0.4) is 0 Å². The van der Waals surface area contributed by atoms with Crippen LogP contribution < -0.4 is 5.32 Å². The monoisotopic (exact) mass is 627 g/mol. The molecule has 1 amide bonds. The Hall–Kier alpha value is -2.02. The Morgan fingerprint density at radius 1 is 1.00 bits per heavy atom. The Morgan fingerprint density at radius 2 is 1.53 bits per heavy atom. The van der Waals surface area contributed by atoms with Gasteiger partial charge in [0.15, 0.2) is 0 Å². The van der Waals surface area contributed by atoms with E-state index in [1.165, 1.54) is 13.8 Å². The van der Waals surface area contributed by atoms with Crippen molar-refractivity contribution in [2.24, 2.45) is 0 Å². The van der Waals surface area contributed by atoms with E-state index in [0.29, 0.717) is 12.1 Å². The second-order valence-electron chi connectivity index (χ2n) is 9.00. The van der Waals surface area contributed by atoms with E-state index in [1.807, 2.05) is 0 Å². The van der Waals surface area contributed by atoms with E-state index in [4.69, 9.17) is 34.8 Å². The summed E-state index contributed by atoms with van der Waals surface area (Å²) in [7, 11) is -3.63. The van der Waals surface area contributed by atoms with Gasteiger partial charge in [-0.1, -0.05) is 40.9 Å². The maximum Gasteiger partial charge on any atom is 0.417 e. The standard InChI is InChI=1S/C23H19Cl3F7NO3S/c1-21(2,10-38(3,36)37)34-20(35)13-5-4-11(6-15(13)23(31,32)33)18(27)9-14(22(28,29)30)12-7-16(24)19(26)17(25)8-12/h4-9,14H,10H2,1-3H3,(H,34,35)/b18-9-. The van der Waals surface area contributed by atoms with Crippen LogP contribution in [0.15, 0.2) is 36.4 Å². The van der Waals surface area contributed by atoms with Crippen LogP contribution in [-0.2, 0) is 16.0 Å². The molecule has 0 bridgehead atoms. The zero-order valence-electron chi connectivity index (χ0n) is 19.7. The number of halogens is 10. The number of alkyl halides is 6. The molecule has 0 aliphatic heterocycles. The van der Waals surface area contributed by atoms with Crippen LogP contribution in [0.1, 0.15) is 46.8 Å². The molecule has 1 unspecified atom stereocenters. The molecule has 0 saturated carbocycles. The first-order valence-electron chi connectivity index (χ1n) is 10.3. The van der Waals surface area contributed by atoms with Crippen molar-refractivity contribution in [3.8, 4) is 0 Å². The lowest BCUT2D eigenvalue weighted by molar-refractivity contribution is -0.140. The summed E-state index contributed by atoms with van der Waals surface area (Å²) in [5.41, 5.74) is -5.62. The minimum absolute atomic E-state index is 0.0420. The van der Waals surface area contributed by atoms with Crippen molar-refractivity contribution >= 4 is 56.4 Å². The predicted octanol–water partition coefficient (Wildman–Crippen LogP) is 7.88. The SMILES string of the molecule is CC(C)(CS(C)(=O)=O)NC(=O)c1ccc(/C(F)=C/C(c2cc(Cl)c(Cl)c(Cl)c2)C(F)(F)F)cc1C(F)(F)F. The smallest absolute Gasteiger partial charge is 0.346 e. The third-order valence-electron chi connectivity index (χ3n) is 4.95. The zero-order chi connectivity index (χ0) is 29.4. The molecule has 2 aromatic carbocycles. The van der Waals surface area contributed by atoms with E-state index < -0.39 is 73.4 Å². The fourth-order valence-electron chi connectivity index (χ4n) is 3.57. The molecule has 2 aromatic rings. The van der Waals surface area contributed by atoms with Gasteiger partial charge in [0.2, 0.25) is 0 Å². The van der Waals surface area contributed by atoms with Crippen LogP contribution in [0.2, 0.25) is 15.1 Å². The number of hydrogen-bond acceptors (Lipinski definition) is 3. The van der Waals surface area contributed by atoms with Gasteiger partial charge in [0.25, 0.3) is 5.91 Å². The topological polar surface area (TPSA) is 63.2 Å². The van der Waals surface area contributed by atoms with Gasteiger partial charge in [-0.25, -0.2) is 12.8 Å². The lowest BCUT2D eigenvalue weighted by atomic mass is 9.95. The highest BCUT2D eigenvalue weighted by Crippen LogP contribution is 2.42. The molecule has 38 heavy (non-hydrogen) atoms. The van der Waals surface area contributed by atoms with E-state index in [0.717, 1.165) is 18.4 Å². The number of hydrogen-bond donors (Lipinski definition) is 1.